The van der Waals surface area contributed by atoms with E-state index in [-0.39, 0.29) is 36.5 Å². The van der Waals surface area contributed by atoms with Crippen molar-refractivity contribution in [1.82, 2.24) is 26.2 Å². The van der Waals surface area contributed by atoms with Crippen LogP contribution in [0, 0.1) is 11.8 Å². The summed E-state index contributed by atoms with van der Waals surface area (Å²) in [5, 5.41) is 11.7. The van der Waals surface area contributed by atoms with E-state index in [9.17, 15) is 24.0 Å². The summed E-state index contributed by atoms with van der Waals surface area (Å²) < 4.78 is 10.8. The molecular weight excluding hydrogens is 674 g/mol. The lowest BCUT2D eigenvalue weighted by Gasteiger charge is -2.28. The average Bonchev–Trinajstić information content (AvgIpc) is 3.89. The molecule has 2 heterocycles. The highest BCUT2D eigenvalue weighted by atomic mass is 16.6. The first-order chi connectivity index (χ1) is 25.3. The number of Topliss-reactive ketones (excluding diaryl/α,β-unsaturated/α-hetero) is 1. The van der Waals surface area contributed by atoms with Gasteiger partial charge in [0.2, 0.25) is 23.6 Å². The molecule has 1 unspecified atom stereocenters. The molecule has 0 spiro atoms. The van der Waals surface area contributed by atoms with Crippen molar-refractivity contribution in [2.24, 2.45) is 11.8 Å². The van der Waals surface area contributed by atoms with Gasteiger partial charge in [-0.15, -0.1) is 0 Å². The molecule has 2 saturated heterocycles. The summed E-state index contributed by atoms with van der Waals surface area (Å²) >= 11 is 0. The number of amides is 4. The number of benzene rings is 2. The molecule has 4 N–H and O–H groups in total. The molecule has 2 aromatic carbocycles. The number of hydrogen-bond donors (Lipinski definition) is 4. The number of rotatable bonds is 21. The average molecular weight is 734 g/mol. The second-order valence-corrected chi connectivity index (χ2v) is 15.4. The number of ketones is 1. The SMILES string of the molecule is CC(C)CC[C@H](NC(=O)[C@H](CCc1ccccc1)NC(=O)CN1CCOCC1)C(=O)N[C@H](Cc1ccccc1)C(=O)NC(CC(C)C)C(=O)[C@@]1(C)CO1. The highest BCUT2D eigenvalue weighted by molar-refractivity contribution is 5.98. The van der Waals surface area contributed by atoms with Gasteiger partial charge in [-0.3, -0.25) is 28.9 Å². The van der Waals surface area contributed by atoms with Crippen LogP contribution in [0.5, 0.6) is 0 Å². The van der Waals surface area contributed by atoms with Crippen LogP contribution in [0.4, 0.5) is 0 Å². The van der Waals surface area contributed by atoms with Gasteiger partial charge in [-0.25, -0.2) is 0 Å². The monoisotopic (exact) mass is 733 g/mol. The van der Waals surface area contributed by atoms with Crippen molar-refractivity contribution in [3.8, 4) is 0 Å². The van der Waals surface area contributed by atoms with Crippen LogP contribution in [0.3, 0.4) is 0 Å². The summed E-state index contributed by atoms with van der Waals surface area (Å²) in [5.41, 5.74) is 0.920. The van der Waals surface area contributed by atoms with Crippen LogP contribution in [0.15, 0.2) is 60.7 Å². The number of nitrogens with one attached hydrogen (secondary N) is 4. The Balaban J connectivity index is 1.52. The zero-order valence-corrected chi connectivity index (χ0v) is 32.0. The summed E-state index contributed by atoms with van der Waals surface area (Å²) in [7, 11) is 0. The highest BCUT2D eigenvalue weighted by Gasteiger charge is 2.50. The molecule has 0 aromatic heterocycles. The van der Waals surface area contributed by atoms with E-state index >= 15 is 0 Å². The van der Waals surface area contributed by atoms with Crippen LogP contribution in [0.2, 0.25) is 0 Å². The van der Waals surface area contributed by atoms with Crippen LogP contribution in [-0.4, -0.2) is 104 Å². The molecular formula is C41H59N5O7. The van der Waals surface area contributed by atoms with Gasteiger partial charge >= 0.3 is 0 Å². The number of carbonyl (C=O) groups is 5. The second-order valence-electron chi connectivity index (χ2n) is 15.4. The molecule has 0 saturated carbocycles. The summed E-state index contributed by atoms with van der Waals surface area (Å²) in [6.07, 6.45) is 2.43. The molecule has 2 fully saturated rings. The quantitative estimate of drug-likeness (QED) is 0.143. The third kappa shape index (κ3) is 14.0. The standard InChI is InChI=1S/C41H59N5O7/c1-28(2)16-18-33(43-38(49)32(19-17-30-12-8-6-9-13-30)42-36(47)26-46-20-22-52-23-21-46)39(50)45-35(25-31-14-10-7-11-15-31)40(51)44-34(24-29(3)4)37(48)41(5)27-53-41/h6-15,28-29,32-35H,16-27H2,1-5H3,(H,42,47)(H,43,49)(H,44,51)(H,45,50)/t32-,33-,34?,35+,41+/m0/s1. The van der Waals surface area contributed by atoms with Crippen LogP contribution in [0.1, 0.15) is 71.4 Å². The first-order valence-corrected chi connectivity index (χ1v) is 19.1. The van der Waals surface area contributed by atoms with E-state index < -0.39 is 47.5 Å². The Kier molecular flexibility index (Phi) is 16.0. The molecule has 4 amide bonds. The summed E-state index contributed by atoms with van der Waals surface area (Å²) in [5.74, 6) is -1.58. The maximum Gasteiger partial charge on any atom is 0.243 e. The van der Waals surface area contributed by atoms with Gasteiger partial charge in [-0.1, -0.05) is 88.4 Å². The van der Waals surface area contributed by atoms with Crippen molar-refractivity contribution in [1.29, 1.82) is 0 Å². The number of nitrogens with zero attached hydrogens (tertiary/aromatic N) is 1. The maximum atomic E-state index is 14.2. The third-order valence-electron chi connectivity index (χ3n) is 9.71. The van der Waals surface area contributed by atoms with Crippen LogP contribution < -0.4 is 21.3 Å². The minimum Gasteiger partial charge on any atom is -0.379 e. The predicted octanol–water partition coefficient (Wildman–Crippen LogP) is 2.97. The summed E-state index contributed by atoms with van der Waals surface area (Å²) in [6.45, 7) is 12.5. The molecule has 12 nitrogen and oxygen atoms in total. The number of hydrogen-bond acceptors (Lipinski definition) is 8. The Hall–Kier alpha value is -4.13. The van der Waals surface area contributed by atoms with E-state index in [1.165, 1.54) is 0 Å². The van der Waals surface area contributed by atoms with Crippen molar-refractivity contribution in [3.63, 3.8) is 0 Å². The first-order valence-electron chi connectivity index (χ1n) is 19.1. The van der Waals surface area contributed by atoms with Gasteiger partial charge < -0.3 is 30.7 Å². The fourth-order valence-corrected chi connectivity index (χ4v) is 6.39. The van der Waals surface area contributed by atoms with Gasteiger partial charge in [-0.2, -0.15) is 0 Å². The normalized spacial score (nSPS) is 19.5. The summed E-state index contributed by atoms with van der Waals surface area (Å²) in [4.78, 5) is 70.7. The van der Waals surface area contributed by atoms with Crippen molar-refractivity contribution in [3.05, 3.63) is 71.8 Å². The molecule has 290 valence electrons. The lowest BCUT2D eigenvalue weighted by Crippen LogP contribution is -2.59. The van der Waals surface area contributed by atoms with Gasteiger partial charge in [0.25, 0.3) is 0 Å². The van der Waals surface area contributed by atoms with E-state index in [1.807, 2.05) is 93.3 Å². The molecule has 2 aliphatic rings. The second kappa shape index (κ2) is 20.4. The molecule has 0 aliphatic carbocycles. The summed E-state index contributed by atoms with van der Waals surface area (Å²) in [6, 6.07) is 15.4. The van der Waals surface area contributed by atoms with E-state index in [0.29, 0.717) is 65.0 Å². The topological polar surface area (TPSA) is 158 Å². The Labute approximate surface area is 314 Å². The Morgan fingerprint density at radius 3 is 1.77 bits per heavy atom. The lowest BCUT2D eigenvalue weighted by molar-refractivity contribution is -0.135. The molecule has 4 rings (SSSR count). The smallest absolute Gasteiger partial charge is 0.243 e. The van der Waals surface area contributed by atoms with Gasteiger partial charge in [0.1, 0.15) is 23.7 Å². The van der Waals surface area contributed by atoms with Gasteiger partial charge in [0.05, 0.1) is 32.4 Å². The molecule has 53 heavy (non-hydrogen) atoms. The fraction of sp³-hybridized carbons (Fsp3) is 0.585. The number of ether oxygens (including phenoxy) is 2. The first kappa shape index (κ1) is 41.6. The van der Waals surface area contributed by atoms with Crippen molar-refractivity contribution >= 4 is 29.4 Å². The van der Waals surface area contributed by atoms with Crippen molar-refractivity contribution < 1.29 is 33.4 Å². The number of epoxide rings is 1. The Morgan fingerprint density at radius 1 is 0.679 bits per heavy atom. The molecule has 5 atom stereocenters. The molecule has 12 heteroatoms. The van der Waals surface area contributed by atoms with E-state index in [1.54, 1.807) is 6.92 Å². The zero-order chi connectivity index (χ0) is 38.4. The number of aryl methyl sites for hydroxylation is 1. The predicted molar refractivity (Wildman–Crippen MR) is 203 cm³/mol. The Bertz CT molecular complexity index is 1490. The highest BCUT2D eigenvalue weighted by Crippen LogP contribution is 2.29. The largest absolute Gasteiger partial charge is 0.379 e. The van der Waals surface area contributed by atoms with Gasteiger partial charge in [-0.05, 0) is 62.0 Å². The third-order valence-corrected chi connectivity index (χ3v) is 9.71. The molecule has 0 bridgehead atoms. The molecule has 0 radical (unpaired) electrons. The van der Waals surface area contributed by atoms with Crippen molar-refractivity contribution in [2.75, 3.05) is 39.5 Å². The zero-order valence-electron chi connectivity index (χ0n) is 32.0. The number of carbonyl (C=O) groups excluding carboxylic acids is 5. The van der Waals surface area contributed by atoms with E-state index in [2.05, 4.69) is 21.3 Å². The fourth-order valence-electron chi connectivity index (χ4n) is 6.39. The van der Waals surface area contributed by atoms with Gasteiger partial charge in [0.15, 0.2) is 5.78 Å². The van der Waals surface area contributed by atoms with E-state index in [0.717, 1.165) is 11.1 Å². The minimum atomic E-state index is -1.03. The molecule has 2 aromatic rings. The van der Waals surface area contributed by atoms with Crippen LogP contribution in [0.25, 0.3) is 0 Å². The van der Waals surface area contributed by atoms with Crippen molar-refractivity contribution in [2.45, 2.75) is 103 Å². The molecule has 2 aliphatic heterocycles. The minimum absolute atomic E-state index is 0.119. The van der Waals surface area contributed by atoms with E-state index in [4.69, 9.17) is 9.47 Å². The maximum absolute atomic E-state index is 14.2. The van der Waals surface area contributed by atoms with Crippen LogP contribution >= 0.6 is 0 Å². The lowest BCUT2D eigenvalue weighted by atomic mass is 9.93. The van der Waals surface area contributed by atoms with Gasteiger partial charge in [0, 0.05) is 19.5 Å². The number of morpholine rings is 1. The van der Waals surface area contributed by atoms with Crippen LogP contribution in [-0.2, 0) is 46.3 Å². The Morgan fingerprint density at radius 2 is 1.21 bits per heavy atom.